The van der Waals surface area contributed by atoms with E-state index >= 15 is 0 Å². The van der Waals surface area contributed by atoms with Crippen molar-refractivity contribution < 1.29 is 5.11 Å². The number of rotatable bonds is 3. The van der Waals surface area contributed by atoms with Gasteiger partial charge in [0.25, 0.3) is 0 Å². The number of hydrogen-bond acceptors (Lipinski definition) is 5. The van der Waals surface area contributed by atoms with Crippen molar-refractivity contribution in [2.24, 2.45) is 10.2 Å². The van der Waals surface area contributed by atoms with Crippen LogP contribution in [0.15, 0.2) is 40.0 Å². The van der Waals surface area contributed by atoms with Crippen LogP contribution in [0.3, 0.4) is 0 Å². The molecule has 0 spiro atoms. The molecule has 0 saturated heterocycles. The van der Waals surface area contributed by atoms with Gasteiger partial charge in [-0.25, -0.2) is 0 Å². The van der Waals surface area contributed by atoms with Gasteiger partial charge in [0, 0.05) is 17.7 Å². The van der Waals surface area contributed by atoms with E-state index in [2.05, 4.69) is 10.2 Å². The summed E-state index contributed by atoms with van der Waals surface area (Å²) in [5.74, 6) is 0.202. The molecule has 4 nitrogen and oxygen atoms in total. The molecule has 2 heterocycles. The van der Waals surface area contributed by atoms with Crippen molar-refractivity contribution in [1.82, 2.24) is 4.57 Å². The van der Waals surface area contributed by atoms with Crippen LogP contribution >= 0.6 is 23.6 Å². The standard InChI is InChI=1S/C16H15N3OS2/c1-3-19-15(20)13(22-16(19)21)8-12-9-17-18-14(12)11-6-4-10(2)5-7-11/h4-9,20H,3H2,1-2H3. The number of benzene rings is 1. The Morgan fingerprint density at radius 3 is 2.68 bits per heavy atom. The van der Waals surface area contributed by atoms with Gasteiger partial charge in [0.05, 0.1) is 11.1 Å². The normalized spacial score (nSPS) is 15.5. The SMILES string of the molecule is CCn1c(O)c(C=C2C=NN=C2c2ccc(C)cc2)sc1=S. The Balaban J connectivity index is 2.01. The number of hydrogen-bond donors (Lipinski definition) is 1. The lowest BCUT2D eigenvalue weighted by Gasteiger charge is -2.03. The second-order valence-corrected chi connectivity index (χ2v) is 6.63. The highest BCUT2D eigenvalue weighted by Crippen LogP contribution is 2.29. The minimum Gasteiger partial charge on any atom is -0.493 e. The smallest absolute Gasteiger partial charge is 0.210 e. The highest BCUT2D eigenvalue weighted by Gasteiger charge is 2.16. The summed E-state index contributed by atoms with van der Waals surface area (Å²) in [6, 6.07) is 8.14. The first-order chi connectivity index (χ1) is 10.6. The van der Waals surface area contributed by atoms with Crippen LogP contribution in [0, 0.1) is 10.9 Å². The van der Waals surface area contributed by atoms with Gasteiger partial charge in [-0.15, -0.1) is 16.4 Å². The maximum Gasteiger partial charge on any atom is 0.210 e. The molecule has 1 aliphatic heterocycles. The molecule has 0 fully saturated rings. The molecule has 6 heteroatoms. The van der Waals surface area contributed by atoms with Crippen molar-refractivity contribution in [3.8, 4) is 5.88 Å². The molecule has 0 unspecified atom stereocenters. The van der Waals surface area contributed by atoms with Crippen LogP contribution in [-0.4, -0.2) is 21.6 Å². The van der Waals surface area contributed by atoms with Crippen LogP contribution in [0.25, 0.3) is 6.08 Å². The number of aromatic nitrogens is 1. The summed E-state index contributed by atoms with van der Waals surface area (Å²) in [6.07, 6.45) is 3.59. The zero-order valence-corrected chi connectivity index (χ0v) is 13.9. The van der Waals surface area contributed by atoms with Gasteiger partial charge < -0.3 is 5.11 Å². The third-order valence-corrected chi connectivity index (χ3v) is 4.84. The van der Waals surface area contributed by atoms with E-state index < -0.39 is 0 Å². The van der Waals surface area contributed by atoms with Gasteiger partial charge in [-0.3, -0.25) is 4.57 Å². The number of aryl methyl sites for hydroxylation is 1. The molecule has 1 aliphatic rings. The molecule has 3 rings (SSSR count). The number of thiazole rings is 1. The molecule has 112 valence electrons. The lowest BCUT2D eigenvalue weighted by molar-refractivity contribution is 0.419. The molecule has 22 heavy (non-hydrogen) atoms. The zero-order valence-electron chi connectivity index (χ0n) is 12.3. The first-order valence-corrected chi connectivity index (χ1v) is 8.15. The third-order valence-electron chi connectivity index (χ3n) is 3.45. The first-order valence-electron chi connectivity index (χ1n) is 6.93. The summed E-state index contributed by atoms with van der Waals surface area (Å²) in [5.41, 5.74) is 3.89. The predicted octanol–water partition coefficient (Wildman–Crippen LogP) is 4.19. The fraction of sp³-hybridized carbons (Fsp3) is 0.188. The Hall–Kier alpha value is -2.05. The molecule has 0 atom stereocenters. The summed E-state index contributed by atoms with van der Waals surface area (Å²) < 4.78 is 2.37. The largest absolute Gasteiger partial charge is 0.493 e. The minimum absolute atomic E-state index is 0.202. The van der Waals surface area contributed by atoms with E-state index in [0.717, 1.165) is 21.7 Å². The van der Waals surface area contributed by atoms with E-state index in [4.69, 9.17) is 12.2 Å². The average Bonchev–Trinajstić information content (AvgIpc) is 3.06. The Bertz CT molecular complexity index is 855. The van der Waals surface area contributed by atoms with Crippen LogP contribution < -0.4 is 0 Å². The zero-order chi connectivity index (χ0) is 15.7. The van der Waals surface area contributed by atoms with Crippen LogP contribution in [0.4, 0.5) is 0 Å². The average molecular weight is 329 g/mol. The van der Waals surface area contributed by atoms with E-state index in [1.54, 1.807) is 10.8 Å². The van der Waals surface area contributed by atoms with E-state index in [9.17, 15) is 5.11 Å². The van der Waals surface area contributed by atoms with Crippen molar-refractivity contribution in [3.05, 3.63) is 49.8 Å². The Morgan fingerprint density at radius 1 is 1.32 bits per heavy atom. The lowest BCUT2D eigenvalue weighted by Crippen LogP contribution is -2.02. The lowest BCUT2D eigenvalue weighted by atomic mass is 10.0. The van der Waals surface area contributed by atoms with Crippen molar-refractivity contribution in [3.63, 3.8) is 0 Å². The molecule has 0 amide bonds. The molecule has 2 aromatic rings. The molecule has 0 bridgehead atoms. The summed E-state index contributed by atoms with van der Waals surface area (Å²) in [4.78, 5) is 0.731. The van der Waals surface area contributed by atoms with Crippen molar-refractivity contribution in [2.75, 3.05) is 0 Å². The van der Waals surface area contributed by atoms with Crippen LogP contribution in [-0.2, 0) is 6.54 Å². The highest BCUT2D eigenvalue weighted by atomic mass is 32.1. The maximum atomic E-state index is 10.2. The van der Waals surface area contributed by atoms with Gasteiger partial charge in [-0.1, -0.05) is 29.8 Å². The van der Waals surface area contributed by atoms with Crippen LogP contribution in [0.2, 0.25) is 0 Å². The van der Waals surface area contributed by atoms with Crippen molar-refractivity contribution in [2.45, 2.75) is 20.4 Å². The molecular formula is C16H15N3OS2. The highest BCUT2D eigenvalue weighted by molar-refractivity contribution is 7.73. The molecule has 1 aromatic carbocycles. The predicted molar refractivity (Wildman–Crippen MR) is 94.7 cm³/mol. The molecule has 1 aromatic heterocycles. The maximum absolute atomic E-state index is 10.2. The number of allylic oxidation sites excluding steroid dienone is 1. The van der Waals surface area contributed by atoms with Crippen LogP contribution in [0.5, 0.6) is 5.88 Å². The Morgan fingerprint density at radius 2 is 2.05 bits per heavy atom. The van der Waals surface area contributed by atoms with Gasteiger partial charge in [0.15, 0.2) is 3.95 Å². The second kappa shape index (κ2) is 5.98. The summed E-state index contributed by atoms with van der Waals surface area (Å²) in [5, 5.41) is 18.4. The number of aromatic hydroxyl groups is 1. The van der Waals surface area contributed by atoms with Gasteiger partial charge >= 0.3 is 0 Å². The van der Waals surface area contributed by atoms with Gasteiger partial charge in [-0.2, -0.15) is 5.10 Å². The van der Waals surface area contributed by atoms with Crippen molar-refractivity contribution >= 4 is 41.6 Å². The molecule has 0 aliphatic carbocycles. The fourth-order valence-electron chi connectivity index (χ4n) is 2.24. The van der Waals surface area contributed by atoms with Gasteiger partial charge in [-0.05, 0) is 32.1 Å². The molecule has 0 saturated carbocycles. The molecule has 0 radical (unpaired) electrons. The van der Waals surface area contributed by atoms with E-state index in [1.807, 2.05) is 44.2 Å². The van der Waals surface area contributed by atoms with E-state index in [-0.39, 0.29) is 5.88 Å². The fourth-order valence-corrected chi connectivity index (χ4v) is 3.62. The molecule has 1 N–H and O–H groups in total. The Kier molecular flexibility index (Phi) is 4.04. The van der Waals surface area contributed by atoms with E-state index in [0.29, 0.717) is 10.5 Å². The summed E-state index contributed by atoms with van der Waals surface area (Å²) >= 11 is 6.65. The van der Waals surface area contributed by atoms with Crippen molar-refractivity contribution in [1.29, 1.82) is 0 Å². The summed E-state index contributed by atoms with van der Waals surface area (Å²) in [7, 11) is 0. The quantitative estimate of drug-likeness (QED) is 0.859. The van der Waals surface area contributed by atoms with Gasteiger partial charge in [0.2, 0.25) is 5.88 Å². The number of nitrogens with zero attached hydrogens (tertiary/aromatic N) is 3. The Labute approximate surface area is 137 Å². The second-order valence-electron chi connectivity index (χ2n) is 4.96. The van der Waals surface area contributed by atoms with E-state index in [1.165, 1.54) is 16.9 Å². The topological polar surface area (TPSA) is 49.9 Å². The third kappa shape index (κ3) is 2.67. The monoisotopic (exact) mass is 329 g/mol. The molecular weight excluding hydrogens is 314 g/mol. The van der Waals surface area contributed by atoms with Gasteiger partial charge in [0.1, 0.15) is 5.71 Å². The minimum atomic E-state index is 0.202. The first kappa shape index (κ1) is 14.9. The van der Waals surface area contributed by atoms with Crippen LogP contribution in [0.1, 0.15) is 22.9 Å². The summed E-state index contributed by atoms with van der Waals surface area (Å²) in [6.45, 7) is 4.65.